The summed E-state index contributed by atoms with van der Waals surface area (Å²) in [6.07, 6.45) is -3.46. The van der Waals surface area contributed by atoms with E-state index in [0.29, 0.717) is 24.1 Å². The molecular formula is C26H31ClF3N3O4. The Morgan fingerprint density at radius 2 is 1.92 bits per heavy atom. The van der Waals surface area contributed by atoms with Gasteiger partial charge in [0.2, 0.25) is 5.91 Å². The van der Waals surface area contributed by atoms with Gasteiger partial charge in [-0.2, -0.15) is 13.2 Å². The SMILES string of the molecule is C[C@]1(N2CCC(c3cc4cc(NC(=O)[C@@H]5CC[C@H](C(F)(F)F)OC5)ncc4cc3Cl)CC2)COC[C@H]1O. The molecule has 4 heterocycles. The average Bonchev–Trinajstić information content (AvgIpc) is 3.22. The van der Waals surface area contributed by atoms with Crippen molar-refractivity contribution in [3.63, 3.8) is 0 Å². The third kappa shape index (κ3) is 5.45. The number of carbonyl (C=O) groups is 1. The van der Waals surface area contributed by atoms with Crippen LogP contribution in [0.3, 0.4) is 0 Å². The smallest absolute Gasteiger partial charge is 0.389 e. The van der Waals surface area contributed by atoms with E-state index in [-0.39, 0.29) is 30.9 Å². The minimum absolute atomic E-state index is 0.101. The Morgan fingerprint density at radius 3 is 2.54 bits per heavy atom. The number of nitrogens with zero attached hydrogens (tertiary/aromatic N) is 2. The molecule has 4 atom stereocenters. The van der Waals surface area contributed by atoms with E-state index in [1.807, 2.05) is 19.1 Å². The number of rotatable bonds is 4. The van der Waals surface area contributed by atoms with Crippen LogP contribution in [0, 0.1) is 5.92 Å². The van der Waals surface area contributed by atoms with Gasteiger partial charge in [0.15, 0.2) is 6.10 Å². The van der Waals surface area contributed by atoms with E-state index >= 15 is 0 Å². The molecule has 2 aromatic rings. The molecule has 0 saturated carbocycles. The van der Waals surface area contributed by atoms with Crippen molar-refractivity contribution in [2.45, 2.75) is 62.4 Å². The van der Waals surface area contributed by atoms with E-state index in [0.717, 1.165) is 42.3 Å². The first-order valence-corrected chi connectivity index (χ1v) is 13.0. The van der Waals surface area contributed by atoms with Crippen molar-refractivity contribution in [3.8, 4) is 0 Å². The number of likely N-dealkylation sites (tertiary alicyclic amines) is 1. The predicted octanol–water partition coefficient (Wildman–Crippen LogP) is 4.51. The molecule has 1 amide bonds. The van der Waals surface area contributed by atoms with E-state index < -0.39 is 30.2 Å². The van der Waals surface area contributed by atoms with Crippen LogP contribution in [0.2, 0.25) is 5.02 Å². The number of aromatic nitrogens is 1. The average molecular weight is 542 g/mol. The number of benzene rings is 1. The van der Waals surface area contributed by atoms with Crippen molar-refractivity contribution in [2.75, 3.05) is 38.2 Å². The molecule has 1 aromatic carbocycles. The van der Waals surface area contributed by atoms with Crippen molar-refractivity contribution >= 4 is 34.1 Å². The maximum atomic E-state index is 12.8. The second kappa shape index (κ2) is 10.3. The van der Waals surface area contributed by atoms with Crippen LogP contribution in [-0.4, -0.2) is 77.7 Å². The molecule has 0 radical (unpaired) electrons. The van der Waals surface area contributed by atoms with Crippen LogP contribution in [0.4, 0.5) is 19.0 Å². The Bertz CT molecular complexity index is 1150. The summed E-state index contributed by atoms with van der Waals surface area (Å²) in [5, 5.41) is 15.5. The summed E-state index contributed by atoms with van der Waals surface area (Å²) < 4.78 is 48.8. The number of piperidine rings is 1. The Hall–Kier alpha value is -1.98. The molecule has 3 saturated heterocycles. The quantitative estimate of drug-likeness (QED) is 0.592. The normalized spacial score (nSPS) is 30.1. The number of fused-ring (bicyclic) bond motifs is 1. The number of anilines is 1. The first kappa shape index (κ1) is 26.6. The first-order chi connectivity index (χ1) is 17.5. The molecule has 5 rings (SSSR count). The molecule has 11 heteroatoms. The van der Waals surface area contributed by atoms with Crippen molar-refractivity contribution in [1.29, 1.82) is 0 Å². The van der Waals surface area contributed by atoms with Crippen molar-refractivity contribution in [3.05, 3.63) is 35.0 Å². The molecule has 3 aliphatic rings. The second-order valence-corrected chi connectivity index (χ2v) is 11.0. The number of pyridine rings is 1. The first-order valence-electron chi connectivity index (χ1n) is 12.6. The van der Waals surface area contributed by atoms with Crippen molar-refractivity contribution in [2.24, 2.45) is 5.92 Å². The predicted molar refractivity (Wildman–Crippen MR) is 133 cm³/mol. The maximum absolute atomic E-state index is 12.8. The fourth-order valence-electron chi connectivity index (χ4n) is 5.67. The van der Waals surface area contributed by atoms with Crippen LogP contribution < -0.4 is 5.32 Å². The van der Waals surface area contributed by atoms with E-state index in [1.54, 1.807) is 12.3 Å². The lowest BCUT2D eigenvalue weighted by Gasteiger charge is -2.43. The molecule has 7 nitrogen and oxygen atoms in total. The zero-order valence-electron chi connectivity index (χ0n) is 20.6. The molecule has 2 N–H and O–H groups in total. The van der Waals surface area contributed by atoms with Crippen LogP contribution in [0.5, 0.6) is 0 Å². The van der Waals surface area contributed by atoms with Crippen LogP contribution in [0.1, 0.15) is 44.1 Å². The van der Waals surface area contributed by atoms with Gasteiger partial charge in [-0.3, -0.25) is 9.69 Å². The van der Waals surface area contributed by atoms with Gasteiger partial charge in [0.05, 0.1) is 37.4 Å². The highest BCUT2D eigenvalue weighted by atomic mass is 35.5. The summed E-state index contributed by atoms with van der Waals surface area (Å²) in [6, 6.07) is 5.67. The number of nitrogens with one attached hydrogen (secondary N) is 1. The number of alkyl halides is 3. The molecule has 0 unspecified atom stereocenters. The Kier molecular flexibility index (Phi) is 7.41. The van der Waals surface area contributed by atoms with E-state index in [4.69, 9.17) is 21.1 Å². The van der Waals surface area contributed by atoms with Gasteiger partial charge in [0, 0.05) is 16.6 Å². The Labute approximate surface area is 218 Å². The summed E-state index contributed by atoms with van der Waals surface area (Å²) in [4.78, 5) is 19.3. The molecule has 37 heavy (non-hydrogen) atoms. The lowest BCUT2D eigenvalue weighted by molar-refractivity contribution is -0.234. The van der Waals surface area contributed by atoms with Crippen LogP contribution in [0.15, 0.2) is 24.4 Å². The summed E-state index contributed by atoms with van der Waals surface area (Å²) in [7, 11) is 0. The van der Waals surface area contributed by atoms with Gasteiger partial charge in [-0.25, -0.2) is 4.98 Å². The number of hydrogen-bond donors (Lipinski definition) is 2. The number of amides is 1. The van der Waals surface area contributed by atoms with Gasteiger partial charge in [-0.15, -0.1) is 0 Å². The molecule has 0 bridgehead atoms. The zero-order valence-corrected chi connectivity index (χ0v) is 21.3. The molecule has 202 valence electrons. The largest absolute Gasteiger partial charge is 0.414 e. The van der Waals surface area contributed by atoms with Crippen LogP contribution in [0.25, 0.3) is 10.8 Å². The molecule has 0 spiro atoms. The highest BCUT2D eigenvalue weighted by Crippen LogP contribution is 2.39. The fourth-order valence-corrected chi connectivity index (χ4v) is 5.99. The van der Waals surface area contributed by atoms with E-state index in [2.05, 4.69) is 15.2 Å². The number of halogens is 4. The van der Waals surface area contributed by atoms with Gasteiger partial charge >= 0.3 is 6.18 Å². The summed E-state index contributed by atoms with van der Waals surface area (Å²) in [5.74, 6) is -0.474. The molecule has 3 fully saturated rings. The van der Waals surface area contributed by atoms with Crippen molar-refractivity contribution < 1.29 is 32.5 Å². The van der Waals surface area contributed by atoms with Crippen LogP contribution >= 0.6 is 11.6 Å². The Morgan fingerprint density at radius 1 is 1.16 bits per heavy atom. The number of ether oxygens (including phenoxy) is 2. The maximum Gasteiger partial charge on any atom is 0.414 e. The standard InChI is InChI=1S/C26H31ClF3N3O4/c1-25(14-36-13-21(25)34)33-6-4-15(5-7-33)19-8-17-10-23(31-11-18(17)9-20(19)27)32-24(35)16-2-3-22(37-12-16)26(28,29)30/h8-11,15-16,21-22,34H,2-7,12-14H2,1H3,(H,31,32,35)/t16-,21-,22-,25+/m1/s1. The summed E-state index contributed by atoms with van der Waals surface area (Å²) >= 11 is 6.65. The monoisotopic (exact) mass is 541 g/mol. The third-order valence-electron chi connectivity index (χ3n) is 8.15. The Balaban J connectivity index is 1.25. The van der Waals surface area contributed by atoms with E-state index in [9.17, 15) is 23.1 Å². The highest BCUT2D eigenvalue weighted by Gasteiger charge is 2.45. The molecular weight excluding hydrogens is 511 g/mol. The topological polar surface area (TPSA) is 83.9 Å². The molecule has 1 aromatic heterocycles. The minimum Gasteiger partial charge on any atom is -0.389 e. The van der Waals surface area contributed by atoms with Crippen molar-refractivity contribution in [1.82, 2.24) is 9.88 Å². The molecule has 3 aliphatic heterocycles. The van der Waals surface area contributed by atoms with Gasteiger partial charge in [-0.05, 0) is 80.8 Å². The summed E-state index contributed by atoms with van der Waals surface area (Å²) in [5.41, 5.74) is 0.665. The number of carbonyl (C=O) groups excluding carboxylic acids is 1. The van der Waals surface area contributed by atoms with Gasteiger partial charge in [-0.1, -0.05) is 11.6 Å². The van der Waals surface area contributed by atoms with Gasteiger partial charge in [0.25, 0.3) is 0 Å². The second-order valence-electron chi connectivity index (χ2n) is 10.6. The van der Waals surface area contributed by atoms with Gasteiger partial charge < -0.3 is 19.9 Å². The number of aliphatic hydroxyl groups excluding tert-OH is 1. The van der Waals surface area contributed by atoms with Gasteiger partial charge in [0.1, 0.15) is 5.82 Å². The lowest BCUT2D eigenvalue weighted by atomic mass is 9.85. The van der Waals surface area contributed by atoms with Crippen LogP contribution in [-0.2, 0) is 14.3 Å². The fraction of sp³-hybridized carbons (Fsp3) is 0.615. The lowest BCUT2D eigenvalue weighted by Crippen LogP contribution is -2.56. The molecule has 0 aliphatic carbocycles. The summed E-state index contributed by atoms with van der Waals surface area (Å²) in [6.45, 7) is 4.31. The number of hydrogen-bond acceptors (Lipinski definition) is 6. The third-order valence-corrected chi connectivity index (χ3v) is 8.47. The number of aliphatic hydroxyl groups is 1. The highest BCUT2D eigenvalue weighted by molar-refractivity contribution is 6.32. The zero-order chi connectivity index (χ0) is 26.4. The minimum atomic E-state index is -4.42. The van der Waals surface area contributed by atoms with E-state index in [1.165, 1.54) is 0 Å².